The molecule has 15 heteroatoms. The summed E-state index contributed by atoms with van der Waals surface area (Å²) < 4.78 is 45.2. The lowest BCUT2D eigenvalue weighted by Crippen LogP contribution is -2.70. The molecule has 12 nitrogen and oxygen atoms in total. The molecule has 1 spiro atoms. The van der Waals surface area contributed by atoms with Gasteiger partial charge in [0.05, 0.1) is 19.4 Å². The standard InChI is InChI=1S/C21H23F2N4O8P/c1-25-20(31)16-18(29)17(28)14(19(30)24-9-12-2-3-13(22)8-15(12)23)10-26(16)27(5-7-36(32,33)34)21(25)4-6-35-11-21/h2-3,8,10,29H,4-7,9,11H2,1H3,(H,24,30)(H2,32,33,34)/t21-/m1/s1. The number of halogens is 2. The van der Waals surface area contributed by atoms with Gasteiger partial charge in [-0.05, 0) is 6.07 Å². The molecule has 2 aliphatic rings. The van der Waals surface area contributed by atoms with Crippen molar-refractivity contribution in [2.45, 2.75) is 18.6 Å². The van der Waals surface area contributed by atoms with E-state index in [0.29, 0.717) is 6.07 Å². The van der Waals surface area contributed by atoms with Crippen molar-refractivity contribution in [1.82, 2.24) is 14.9 Å². The number of nitrogens with zero attached hydrogens (tertiary/aromatic N) is 3. The monoisotopic (exact) mass is 528 g/mol. The predicted molar refractivity (Wildman–Crippen MR) is 120 cm³/mol. The zero-order valence-corrected chi connectivity index (χ0v) is 19.9. The van der Waals surface area contributed by atoms with E-state index in [1.54, 1.807) is 0 Å². The SMILES string of the molecule is CN1C(=O)c2c(O)c(=O)c(C(=O)NCc3ccc(F)cc3F)cn2N(CCP(=O)(O)O)[C@@]12CCOC2. The van der Waals surface area contributed by atoms with Crippen LogP contribution in [-0.2, 0) is 15.8 Å². The summed E-state index contributed by atoms with van der Waals surface area (Å²) in [6.45, 7) is -0.535. The van der Waals surface area contributed by atoms with Gasteiger partial charge in [0, 0.05) is 44.4 Å². The average molecular weight is 528 g/mol. The third-order valence-corrected chi connectivity index (χ3v) is 7.10. The molecule has 2 aliphatic heterocycles. The van der Waals surface area contributed by atoms with Gasteiger partial charge in [0.15, 0.2) is 17.1 Å². The number of hydrogen-bond acceptors (Lipinski definition) is 7. The largest absolute Gasteiger partial charge is 0.502 e. The minimum atomic E-state index is -4.51. The topological polar surface area (TPSA) is 162 Å². The molecule has 0 radical (unpaired) electrons. The van der Waals surface area contributed by atoms with Crippen LogP contribution in [0.2, 0.25) is 0 Å². The van der Waals surface area contributed by atoms with Crippen molar-refractivity contribution in [2.75, 3.05) is 38.0 Å². The number of pyridine rings is 1. The maximum atomic E-state index is 13.9. The molecule has 1 aromatic heterocycles. The number of hydrogen-bond donors (Lipinski definition) is 4. The Balaban J connectivity index is 1.76. The molecule has 0 bridgehead atoms. The van der Waals surface area contributed by atoms with E-state index < -0.39 is 71.8 Å². The van der Waals surface area contributed by atoms with Crippen LogP contribution >= 0.6 is 7.60 Å². The maximum Gasteiger partial charge on any atom is 0.327 e. The van der Waals surface area contributed by atoms with Gasteiger partial charge in [-0.3, -0.25) is 28.6 Å². The average Bonchev–Trinajstić information content (AvgIpc) is 3.28. The first-order chi connectivity index (χ1) is 16.9. The number of nitrogens with one attached hydrogen (secondary N) is 1. The molecule has 194 valence electrons. The Kier molecular flexibility index (Phi) is 6.64. The first-order valence-corrected chi connectivity index (χ1v) is 12.5. The molecule has 36 heavy (non-hydrogen) atoms. The van der Waals surface area contributed by atoms with Gasteiger partial charge < -0.3 is 29.8 Å². The fourth-order valence-corrected chi connectivity index (χ4v) is 4.80. The van der Waals surface area contributed by atoms with E-state index in [0.717, 1.165) is 23.0 Å². The van der Waals surface area contributed by atoms with Crippen LogP contribution in [0.3, 0.4) is 0 Å². The fraction of sp³-hybridized carbons (Fsp3) is 0.381. The summed E-state index contributed by atoms with van der Waals surface area (Å²) >= 11 is 0. The molecular formula is C21H23F2N4O8P. The van der Waals surface area contributed by atoms with Crippen LogP contribution in [0, 0.1) is 11.6 Å². The van der Waals surface area contributed by atoms with Gasteiger partial charge in [-0.2, -0.15) is 0 Å². The van der Waals surface area contributed by atoms with E-state index in [2.05, 4.69) is 5.32 Å². The zero-order valence-electron chi connectivity index (χ0n) is 19.0. The minimum Gasteiger partial charge on any atom is -0.502 e. The summed E-state index contributed by atoms with van der Waals surface area (Å²) in [7, 11) is -3.10. The van der Waals surface area contributed by atoms with Gasteiger partial charge in [-0.15, -0.1) is 0 Å². The second-order valence-corrected chi connectivity index (χ2v) is 10.3. The highest BCUT2D eigenvalue weighted by molar-refractivity contribution is 7.51. The van der Waals surface area contributed by atoms with Gasteiger partial charge in [-0.1, -0.05) is 6.07 Å². The number of carbonyl (C=O) groups is 2. The quantitative estimate of drug-likeness (QED) is 0.381. The highest BCUT2D eigenvalue weighted by Gasteiger charge is 2.52. The molecule has 1 fully saturated rings. The van der Waals surface area contributed by atoms with E-state index in [9.17, 15) is 42.6 Å². The van der Waals surface area contributed by atoms with E-state index in [1.165, 1.54) is 17.0 Å². The van der Waals surface area contributed by atoms with Crippen LogP contribution in [-0.4, -0.2) is 74.9 Å². The molecule has 4 N–H and O–H groups in total. The second-order valence-electron chi connectivity index (χ2n) is 8.49. The zero-order chi connectivity index (χ0) is 26.4. The Labute approximate surface area is 202 Å². The molecule has 1 atom stereocenters. The summed E-state index contributed by atoms with van der Waals surface area (Å²) in [5.41, 5.74) is -3.54. The Hall–Kier alpha value is -3.32. The molecule has 3 heterocycles. The predicted octanol–water partition coefficient (Wildman–Crippen LogP) is 0.0800. The Morgan fingerprint density at radius 2 is 2.00 bits per heavy atom. The summed E-state index contributed by atoms with van der Waals surface area (Å²) in [6, 6.07) is 2.74. The highest BCUT2D eigenvalue weighted by atomic mass is 31.2. The molecular weight excluding hydrogens is 505 g/mol. The van der Waals surface area contributed by atoms with Crippen LogP contribution < -0.4 is 15.8 Å². The van der Waals surface area contributed by atoms with Gasteiger partial charge in [0.2, 0.25) is 5.43 Å². The number of ether oxygens (including phenoxy) is 1. The van der Waals surface area contributed by atoms with E-state index in [1.807, 2.05) is 0 Å². The van der Waals surface area contributed by atoms with Crippen LogP contribution in [0.1, 0.15) is 32.8 Å². The van der Waals surface area contributed by atoms with Gasteiger partial charge in [-0.25, -0.2) is 8.78 Å². The Morgan fingerprint density at radius 1 is 1.28 bits per heavy atom. The Bertz CT molecular complexity index is 1340. The van der Waals surface area contributed by atoms with Gasteiger partial charge in [0.1, 0.15) is 17.2 Å². The minimum absolute atomic E-state index is 0.0336. The van der Waals surface area contributed by atoms with Crippen molar-refractivity contribution in [3.63, 3.8) is 0 Å². The molecule has 0 aliphatic carbocycles. The molecule has 2 aromatic rings. The van der Waals surface area contributed by atoms with Crippen LogP contribution in [0.4, 0.5) is 8.78 Å². The van der Waals surface area contributed by atoms with Crippen molar-refractivity contribution in [2.24, 2.45) is 0 Å². The first kappa shape index (κ1) is 25.8. The van der Waals surface area contributed by atoms with E-state index >= 15 is 0 Å². The molecule has 1 saturated heterocycles. The lowest BCUT2D eigenvalue weighted by molar-refractivity contribution is 0.0307. The molecule has 0 unspecified atom stereocenters. The third kappa shape index (κ3) is 4.48. The van der Waals surface area contributed by atoms with Crippen molar-refractivity contribution >= 4 is 19.4 Å². The van der Waals surface area contributed by atoms with E-state index in [4.69, 9.17) is 4.74 Å². The van der Waals surface area contributed by atoms with Crippen molar-refractivity contribution in [1.29, 1.82) is 0 Å². The maximum absolute atomic E-state index is 13.9. The molecule has 1 aromatic carbocycles. The molecule has 2 amide bonds. The molecule has 0 saturated carbocycles. The summed E-state index contributed by atoms with van der Waals surface area (Å²) in [5, 5.41) is 14.3. The summed E-state index contributed by atoms with van der Waals surface area (Å²) in [4.78, 5) is 58.9. The lowest BCUT2D eigenvalue weighted by atomic mass is 10.0. The Morgan fingerprint density at radius 3 is 2.61 bits per heavy atom. The summed E-state index contributed by atoms with van der Waals surface area (Å²) in [5.74, 6) is -4.55. The van der Waals surface area contributed by atoms with E-state index in [-0.39, 0.29) is 31.7 Å². The summed E-state index contributed by atoms with van der Waals surface area (Å²) in [6.07, 6.45) is 0.598. The number of amides is 2. The first-order valence-electron chi connectivity index (χ1n) is 10.7. The van der Waals surface area contributed by atoms with Crippen molar-refractivity contribution < 1.29 is 42.6 Å². The number of aromatic hydroxyl groups is 1. The van der Waals surface area contributed by atoms with Crippen molar-refractivity contribution in [3.05, 3.63) is 63.1 Å². The number of fused-ring (bicyclic) bond motifs is 1. The van der Waals surface area contributed by atoms with Crippen molar-refractivity contribution in [3.8, 4) is 5.75 Å². The number of benzene rings is 1. The second kappa shape index (κ2) is 9.28. The normalized spacial score (nSPS) is 19.6. The third-order valence-electron chi connectivity index (χ3n) is 6.32. The molecule has 4 rings (SSSR count). The smallest absolute Gasteiger partial charge is 0.327 e. The lowest BCUT2D eigenvalue weighted by Gasteiger charge is -2.52. The number of rotatable bonds is 6. The van der Waals surface area contributed by atoms with Gasteiger partial charge in [0.25, 0.3) is 11.8 Å². The highest BCUT2D eigenvalue weighted by Crippen LogP contribution is 2.39. The number of likely N-dealkylation sites (N-methyl/N-ethyl adjacent to an activating group) is 1. The number of aromatic nitrogens is 1. The van der Waals surface area contributed by atoms with Crippen LogP contribution in [0.15, 0.2) is 29.2 Å². The van der Waals surface area contributed by atoms with Gasteiger partial charge >= 0.3 is 7.60 Å². The number of carbonyl (C=O) groups excluding carboxylic acids is 2. The van der Waals surface area contributed by atoms with Crippen LogP contribution in [0.5, 0.6) is 5.75 Å². The fourth-order valence-electron chi connectivity index (χ4n) is 4.35. The van der Waals surface area contributed by atoms with Crippen LogP contribution in [0.25, 0.3) is 0 Å².